The number of halogens is 2. The monoisotopic (exact) mass is 293 g/mol. The van der Waals surface area contributed by atoms with Gasteiger partial charge in [0.15, 0.2) is 0 Å². The van der Waals surface area contributed by atoms with Crippen molar-refractivity contribution in [1.29, 1.82) is 0 Å². The van der Waals surface area contributed by atoms with E-state index in [1.807, 2.05) is 25.1 Å². The van der Waals surface area contributed by atoms with Crippen molar-refractivity contribution in [3.05, 3.63) is 47.7 Å². The van der Waals surface area contributed by atoms with Gasteiger partial charge in [-0.15, -0.1) is 0 Å². The molecule has 0 saturated heterocycles. The lowest BCUT2D eigenvalue weighted by Gasteiger charge is -2.20. The van der Waals surface area contributed by atoms with E-state index in [1.165, 1.54) is 13.2 Å². The normalized spacial score (nSPS) is 10.3. The number of benzene rings is 1. The fourth-order valence-electron chi connectivity index (χ4n) is 1.99. The summed E-state index contributed by atoms with van der Waals surface area (Å²) in [6, 6.07) is 5.18. The second-order valence-electron chi connectivity index (χ2n) is 4.70. The van der Waals surface area contributed by atoms with E-state index in [2.05, 4.69) is 10.3 Å². The Kier molecular flexibility index (Phi) is 4.57. The van der Waals surface area contributed by atoms with E-state index < -0.39 is 11.6 Å². The van der Waals surface area contributed by atoms with Gasteiger partial charge in [-0.3, -0.25) is 0 Å². The molecule has 1 heterocycles. The number of anilines is 2. The number of pyridine rings is 1. The average Bonchev–Trinajstić information content (AvgIpc) is 2.47. The summed E-state index contributed by atoms with van der Waals surface area (Å²) < 4.78 is 32.0. The summed E-state index contributed by atoms with van der Waals surface area (Å²) in [4.78, 5) is 6.00. The van der Waals surface area contributed by atoms with Gasteiger partial charge in [-0.2, -0.15) is 0 Å². The molecule has 2 rings (SSSR count). The third kappa shape index (κ3) is 3.39. The first-order valence-electron chi connectivity index (χ1n) is 6.41. The van der Waals surface area contributed by atoms with Gasteiger partial charge in [0, 0.05) is 32.4 Å². The molecular weight excluding hydrogens is 276 g/mol. The number of ether oxygens (including phenoxy) is 1. The molecule has 0 saturated carbocycles. The maximum absolute atomic E-state index is 13.6. The van der Waals surface area contributed by atoms with Crippen molar-refractivity contribution >= 4 is 11.4 Å². The molecule has 0 bridgehead atoms. The van der Waals surface area contributed by atoms with Crippen LogP contribution in [-0.2, 0) is 6.54 Å². The maximum atomic E-state index is 13.6. The lowest BCUT2D eigenvalue weighted by molar-refractivity contribution is 0.399. The Bertz CT molecular complexity index is 632. The van der Waals surface area contributed by atoms with Crippen molar-refractivity contribution in [2.75, 3.05) is 31.4 Å². The quantitative estimate of drug-likeness (QED) is 0.919. The molecule has 112 valence electrons. The molecular formula is C15H17F2N3O. The van der Waals surface area contributed by atoms with Crippen molar-refractivity contribution in [2.24, 2.45) is 0 Å². The van der Waals surface area contributed by atoms with Gasteiger partial charge in [0.25, 0.3) is 0 Å². The molecule has 4 nitrogen and oxygen atoms in total. The number of methoxy groups -OCH3 is 1. The van der Waals surface area contributed by atoms with E-state index in [1.54, 1.807) is 6.20 Å². The van der Waals surface area contributed by atoms with Crippen LogP contribution in [0.1, 0.15) is 5.56 Å². The minimum absolute atomic E-state index is 0.131. The van der Waals surface area contributed by atoms with Gasteiger partial charge in [-0.1, -0.05) is 0 Å². The zero-order chi connectivity index (χ0) is 15.4. The molecule has 0 aliphatic carbocycles. The topological polar surface area (TPSA) is 37.4 Å². The largest absolute Gasteiger partial charge is 0.479 e. The molecule has 0 fully saturated rings. The lowest BCUT2D eigenvalue weighted by Crippen LogP contribution is -2.14. The molecule has 1 aromatic carbocycles. The highest BCUT2D eigenvalue weighted by Crippen LogP contribution is 2.32. The van der Waals surface area contributed by atoms with Gasteiger partial charge in [0.05, 0.1) is 12.8 Å². The lowest BCUT2D eigenvalue weighted by atomic mass is 10.2. The number of aromatic nitrogens is 1. The van der Waals surface area contributed by atoms with Crippen LogP contribution in [0.5, 0.6) is 5.88 Å². The van der Waals surface area contributed by atoms with E-state index in [0.717, 1.165) is 17.8 Å². The molecule has 6 heteroatoms. The molecule has 0 aliphatic rings. The van der Waals surface area contributed by atoms with Crippen molar-refractivity contribution in [1.82, 2.24) is 4.98 Å². The predicted octanol–water partition coefficient (Wildman–Crippen LogP) is 3.05. The van der Waals surface area contributed by atoms with Crippen LogP contribution in [0, 0.1) is 11.6 Å². The van der Waals surface area contributed by atoms with Crippen molar-refractivity contribution in [3.63, 3.8) is 0 Å². The summed E-state index contributed by atoms with van der Waals surface area (Å²) in [6.07, 6.45) is 1.63. The number of hydrogen-bond donors (Lipinski definition) is 1. The molecule has 1 N–H and O–H groups in total. The van der Waals surface area contributed by atoms with E-state index >= 15 is 0 Å². The Morgan fingerprint density at radius 3 is 2.67 bits per heavy atom. The molecule has 1 aromatic heterocycles. The van der Waals surface area contributed by atoms with E-state index in [0.29, 0.717) is 11.6 Å². The number of nitrogens with one attached hydrogen (secondary N) is 1. The van der Waals surface area contributed by atoms with Crippen LogP contribution in [0.4, 0.5) is 20.2 Å². The third-order valence-electron chi connectivity index (χ3n) is 3.03. The summed E-state index contributed by atoms with van der Waals surface area (Å²) in [5.74, 6) is -0.532. The molecule has 2 aromatic rings. The zero-order valence-electron chi connectivity index (χ0n) is 12.2. The van der Waals surface area contributed by atoms with Gasteiger partial charge in [-0.25, -0.2) is 13.8 Å². The summed E-state index contributed by atoms with van der Waals surface area (Å²) in [7, 11) is 5.27. The van der Waals surface area contributed by atoms with E-state index in [-0.39, 0.29) is 12.1 Å². The van der Waals surface area contributed by atoms with Crippen LogP contribution in [0.15, 0.2) is 30.5 Å². The smallest absolute Gasteiger partial charge is 0.239 e. The first-order valence-corrected chi connectivity index (χ1v) is 6.41. The predicted molar refractivity (Wildman–Crippen MR) is 78.8 cm³/mol. The van der Waals surface area contributed by atoms with E-state index in [4.69, 9.17) is 4.74 Å². The fraction of sp³-hybridized carbons (Fsp3) is 0.267. The molecule has 21 heavy (non-hydrogen) atoms. The Morgan fingerprint density at radius 2 is 2.00 bits per heavy atom. The van der Waals surface area contributed by atoms with Crippen LogP contribution < -0.4 is 15.0 Å². The zero-order valence-corrected chi connectivity index (χ0v) is 12.2. The average molecular weight is 293 g/mol. The van der Waals surface area contributed by atoms with Crippen LogP contribution >= 0.6 is 0 Å². The Balaban J connectivity index is 2.29. The SMILES string of the molecule is COc1nccc(N(C)C)c1NCc1cc(F)ccc1F. The minimum Gasteiger partial charge on any atom is -0.479 e. The number of nitrogens with zero attached hydrogens (tertiary/aromatic N) is 2. The van der Waals surface area contributed by atoms with Crippen LogP contribution in [0.3, 0.4) is 0 Å². The van der Waals surface area contributed by atoms with Crippen molar-refractivity contribution in [3.8, 4) is 5.88 Å². The molecule has 0 unspecified atom stereocenters. The van der Waals surface area contributed by atoms with Gasteiger partial charge < -0.3 is 15.0 Å². The highest BCUT2D eigenvalue weighted by Gasteiger charge is 2.13. The van der Waals surface area contributed by atoms with E-state index in [9.17, 15) is 8.78 Å². The molecule has 0 spiro atoms. The first-order chi connectivity index (χ1) is 10.0. The second kappa shape index (κ2) is 6.39. The molecule has 0 aliphatic heterocycles. The van der Waals surface area contributed by atoms with Gasteiger partial charge in [0.1, 0.15) is 17.3 Å². The van der Waals surface area contributed by atoms with Gasteiger partial charge in [-0.05, 0) is 24.3 Å². The first kappa shape index (κ1) is 15.0. The highest BCUT2D eigenvalue weighted by atomic mass is 19.1. The maximum Gasteiger partial charge on any atom is 0.239 e. The van der Waals surface area contributed by atoms with Crippen LogP contribution in [-0.4, -0.2) is 26.2 Å². The standard InChI is InChI=1S/C15H17F2N3O/c1-20(2)13-6-7-18-15(21-3)14(13)19-9-10-8-11(16)4-5-12(10)17/h4-8,19H,9H2,1-3H3. The summed E-state index contributed by atoms with van der Waals surface area (Å²) in [5, 5.41) is 3.06. The Labute approximate surface area is 122 Å². The van der Waals surface area contributed by atoms with Crippen LogP contribution in [0.25, 0.3) is 0 Å². The van der Waals surface area contributed by atoms with Crippen molar-refractivity contribution in [2.45, 2.75) is 6.54 Å². The van der Waals surface area contributed by atoms with Crippen LogP contribution in [0.2, 0.25) is 0 Å². The Hall–Kier alpha value is -2.37. The number of rotatable bonds is 5. The van der Waals surface area contributed by atoms with Crippen molar-refractivity contribution < 1.29 is 13.5 Å². The molecule has 0 atom stereocenters. The van der Waals surface area contributed by atoms with Gasteiger partial charge in [0.2, 0.25) is 5.88 Å². The minimum atomic E-state index is -0.473. The number of hydrogen-bond acceptors (Lipinski definition) is 4. The molecule has 0 amide bonds. The fourth-order valence-corrected chi connectivity index (χ4v) is 1.99. The summed E-state index contributed by atoms with van der Waals surface area (Å²) in [6.45, 7) is 0.131. The summed E-state index contributed by atoms with van der Waals surface area (Å²) >= 11 is 0. The highest BCUT2D eigenvalue weighted by molar-refractivity contribution is 5.74. The van der Waals surface area contributed by atoms with Gasteiger partial charge >= 0.3 is 0 Å². The Morgan fingerprint density at radius 1 is 1.24 bits per heavy atom. The second-order valence-corrected chi connectivity index (χ2v) is 4.70. The summed E-state index contributed by atoms with van der Waals surface area (Å²) in [5.41, 5.74) is 1.72. The molecule has 0 radical (unpaired) electrons. The third-order valence-corrected chi connectivity index (χ3v) is 3.03.